The zero-order chi connectivity index (χ0) is 13.4. The van der Waals surface area contributed by atoms with Crippen molar-refractivity contribution in [3.63, 3.8) is 0 Å². The van der Waals surface area contributed by atoms with E-state index in [1.807, 2.05) is 37.3 Å². The molecule has 0 fully saturated rings. The number of hydrogen-bond acceptors (Lipinski definition) is 2. The van der Waals surface area contributed by atoms with Crippen LogP contribution in [0.5, 0.6) is 0 Å². The van der Waals surface area contributed by atoms with Gasteiger partial charge in [-0.2, -0.15) is 0 Å². The van der Waals surface area contributed by atoms with Crippen molar-refractivity contribution in [2.75, 3.05) is 0 Å². The third-order valence-corrected chi connectivity index (χ3v) is 3.64. The van der Waals surface area contributed by atoms with Crippen LogP contribution >= 0.6 is 11.6 Å². The lowest BCUT2D eigenvalue weighted by Crippen LogP contribution is -1.94. The summed E-state index contributed by atoms with van der Waals surface area (Å²) in [5.74, 6) is 0. The summed E-state index contributed by atoms with van der Waals surface area (Å²) in [6.07, 6.45) is 0. The zero-order valence-electron chi connectivity index (χ0n) is 10.8. The van der Waals surface area contributed by atoms with Gasteiger partial charge in [-0.25, -0.2) is 0 Å². The number of halogens is 1. The molecule has 3 rings (SSSR count). The van der Waals surface area contributed by atoms with Crippen molar-refractivity contribution in [1.29, 1.82) is 0 Å². The number of hydrogen-bond donors (Lipinski definition) is 0. The second-order valence-corrected chi connectivity index (χ2v) is 5.01. The van der Waals surface area contributed by atoms with Crippen LogP contribution < -0.4 is 0 Å². The van der Waals surface area contributed by atoms with E-state index in [0.717, 1.165) is 27.6 Å². The first-order valence-corrected chi connectivity index (χ1v) is 6.54. The third kappa shape index (κ3) is 1.98. The molecule has 0 bridgehead atoms. The Balaban J connectivity index is 2.41. The highest BCUT2D eigenvalue weighted by Crippen LogP contribution is 2.32. The summed E-state index contributed by atoms with van der Waals surface area (Å²) in [7, 11) is 0. The standard InChI is InChI=1S/C16H13ClN2/c1-10-6-3-4-8-12(10)15-13-9-5-7-11(2)14(13)16(17)19-18-15/h3-9H,1-2H3. The van der Waals surface area contributed by atoms with Crippen LogP contribution in [0.1, 0.15) is 11.1 Å². The van der Waals surface area contributed by atoms with Crippen molar-refractivity contribution < 1.29 is 0 Å². The number of rotatable bonds is 1. The van der Waals surface area contributed by atoms with Gasteiger partial charge in [-0.3, -0.25) is 0 Å². The summed E-state index contributed by atoms with van der Waals surface area (Å²) < 4.78 is 0. The van der Waals surface area contributed by atoms with E-state index in [1.54, 1.807) is 0 Å². The van der Waals surface area contributed by atoms with Gasteiger partial charge in [0.1, 0.15) is 5.69 Å². The third-order valence-electron chi connectivity index (χ3n) is 3.37. The fourth-order valence-electron chi connectivity index (χ4n) is 2.37. The molecular formula is C16H13ClN2. The maximum atomic E-state index is 6.19. The molecule has 2 nitrogen and oxygen atoms in total. The molecule has 1 aromatic heterocycles. The van der Waals surface area contributed by atoms with Crippen molar-refractivity contribution in [3.05, 3.63) is 58.7 Å². The molecule has 3 aromatic rings. The van der Waals surface area contributed by atoms with Crippen molar-refractivity contribution >= 4 is 22.4 Å². The Labute approximate surface area is 117 Å². The quantitative estimate of drug-likeness (QED) is 0.646. The first kappa shape index (κ1) is 12.1. The van der Waals surface area contributed by atoms with Gasteiger partial charge in [-0.1, -0.05) is 54.1 Å². The molecule has 19 heavy (non-hydrogen) atoms. The van der Waals surface area contributed by atoms with Crippen molar-refractivity contribution in [3.8, 4) is 11.3 Å². The molecule has 0 atom stereocenters. The molecule has 0 spiro atoms. The lowest BCUT2D eigenvalue weighted by Gasteiger charge is -2.10. The van der Waals surface area contributed by atoms with Crippen LogP contribution in [-0.4, -0.2) is 10.2 Å². The molecule has 1 heterocycles. The minimum Gasteiger partial charge on any atom is -0.148 e. The Bertz CT molecular complexity index is 758. The first-order chi connectivity index (χ1) is 9.18. The molecule has 3 heteroatoms. The maximum Gasteiger partial charge on any atom is 0.159 e. The van der Waals surface area contributed by atoms with Crippen LogP contribution in [0.3, 0.4) is 0 Å². The lowest BCUT2D eigenvalue weighted by atomic mass is 9.99. The monoisotopic (exact) mass is 268 g/mol. The second-order valence-electron chi connectivity index (χ2n) is 4.65. The average molecular weight is 269 g/mol. The zero-order valence-corrected chi connectivity index (χ0v) is 11.6. The topological polar surface area (TPSA) is 25.8 Å². The van der Waals surface area contributed by atoms with Crippen molar-refractivity contribution in [1.82, 2.24) is 10.2 Å². The highest BCUT2D eigenvalue weighted by Gasteiger charge is 2.12. The van der Waals surface area contributed by atoms with Gasteiger partial charge in [0.2, 0.25) is 0 Å². The van der Waals surface area contributed by atoms with E-state index in [4.69, 9.17) is 11.6 Å². The van der Waals surface area contributed by atoms with E-state index in [9.17, 15) is 0 Å². The molecule has 0 aliphatic heterocycles. The number of benzene rings is 2. The molecular weight excluding hydrogens is 256 g/mol. The largest absolute Gasteiger partial charge is 0.159 e. The van der Waals surface area contributed by atoms with Crippen LogP contribution in [0.25, 0.3) is 22.0 Å². The van der Waals surface area contributed by atoms with Gasteiger partial charge in [0.05, 0.1) is 0 Å². The molecule has 94 valence electrons. The van der Waals surface area contributed by atoms with E-state index in [0.29, 0.717) is 5.15 Å². The minimum atomic E-state index is 0.463. The van der Waals surface area contributed by atoms with Crippen LogP contribution in [-0.2, 0) is 0 Å². The predicted molar refractivity (Wildman–Crippen MR) is 79.5 cm³/mol. The van der Waals surface area contributed by atoms with E-state index in [-0.39, 0.29) is 0 Å². The molecule has 0 radical (unpaired) electrons. The SMILES string of the molecule is Cc1ccccc1-c1nnc(Cl)c2c(C)cccc12. The van der Waals surface area contributed by atoms with Crippen LogP contribution in [0.4, 0.5) is 0 Å². The molecule has 0 saturated heterocycles. The molecule has 0 N–H and O–H groups in total. The molecule has 2 aromatic carbocycles. The summed E-state index contributed by atoms with van der Waals surface area (Å²) >= 11 is 6.19. The molecule has 0 aliphatic carbocycles. The van der Waals surface area contributed by atoms with Gasteiger partial charge in [0.25, 0.3) is 0 Å². The molecule has 0 saturated carbocycles. The fourth-order valence-corrected chi connectivity index (χ4v) is 2.66. The van der Waals surface area contributed by atoms with Crippen LogP contribution in [0, 0.1) is 13.8 Å². The Morgan fingerprint density at radius 2 is 1.58 bits per heavy atom. The fraction of sp³-hybridized carbons (Fsp3) is 0.125. The first-order valence-electron chi connectivity index (χ1n) is 6.16. The number of nitrogens with zero attached hydrogens (tertiary/aromatic N) is 2. The van der Waals surface area contributed by atoms with Gasteiger partial charge in [-0.05, 0) is 25.0 Å². The average Bonchev–Trinajstić information content (AvgIpc) is 2.40. The summed E-state index contributed by atoms with van der Waals surface area (Å²) in [5, 5.41) is 10.9. The highest BCUT2D eigenvalue weighted by atomic mass is 35.5. The molecule has 0 aliphatic rings. The summed E-state index contributed by atoms with van der Waals surface area (Å²) in [6, 6.07) is 14.3. The van der Waals surface area contributed by atoms with Gasteiger partial charge < -0.3 is 0 Å². The minimum absolute atomic E-state index is 0.463. The van der Waals surface area contributed by atoms with Crippen LogP contribution in [0.2, 0.25) is 5.15 Å². The van der Waals surface area contributed by atoms with Crippen molar-refractivity contribution in [2.45, 2.75) is 13.8 Å². The Hall–Kier alpha value is -1.93. The normalized spacial score (nSPS) is 10.9. The van der Waals surface area contributed by atoms with Gasteiger partial charge in [-0.15, -0.1) is 10.2 Å². The van der Waals surface area contributed by atoms with Crippen LogP contribution in [0.15, 0.2) is 42.5 Å². The Kier molecular flexibility index (Phi) is 2.96. The number of aryl methyl sites for hydroxylation is 2. The predicted octanol–water partition coefficient (Wildman–Crippen LogP) is 4.57. The maximum absolute atomic E-state index is 6.19. The summed E-state index contributed by atoms with van der Waals surface area (Å²) in [4.78, 5) is 0. The number of fused-ring (bicyclic) bond motifs is 1. The van der Waals surface area contributed by atoms with Gasteiger partial charge in [0, 0.05) is 16.3 Å². The summed E-state index contributed by atoms with van der Waals surface area (Å²) in [5.41, 5.74) is 4.29. The van der Waals surface area contributed by atoms with E-state index in [2.05, 4.69) is 29.3 Å². The highest BCUT2D eigenvalue weighted by molar-refractivity contribution is 6.34. The molecule has 0 amide bonds. The van der Waals surface area contributed by atoms with Gasteiger partial charge >= 0.3 is 0 Å². The molecule has 0 unspecified atom stereocenters. The lowest BCUT2D eigenvalue weighted by molar-refractivity contribution is 1.05. The summed E-state index contributed by atoms with van der Waals surface area (Å²) in [6.45, 7) is 4.12. The second kappa shape index (κ2) is 4.63. The smallest absolute Gasteiger partial charge is 0.148 e. The van der Waals surface area contributed by atoms with Gasteiger partial charge in [0.15, 0.2) is 5.15 Å². The van der Waals surface area contributed by atoms with E-state index < -0.39 is 0 Å². The number of aromatic nitrogens is 2. The van der Waals surface area contributed by atoms with E-state index in [1.165, 1.54) is 5.56 Å². The Morgan fingerprint density at radius 3 is 2.37 bits per heavy atom. The van der Waals surface area contributed by atoms with Crippen molar-refractivity contribution in [2.24, 2.45) is 0 Å². The Morgan fingerprint density at radius 1 is 0.842 bits per heavy atom. The van der Waals surface area contributed by atoms with E-state index >= 15 is 0 Å².